The zero-order chi connectivity index (χ0) is 11.4. The molecule has 1 rings (SSSR count). The number of aryl methyl sites for hydroxylation is 2. The van der Waals surface area contributed by atoms with E-state index in [9.17, 15) is 4.79 Å². The summed E-state index contributed by atoms with van der Waals surface area (Å²) in [7, 11) is 1.58. The predicted molar refractivity (Wildman–Crippen MR) is 61.6 cm³/mol. The van der Waals surface area contributed by atoms with Crippen LogP contribution in [0.15, 0.2) is 24.3 Å². The van der Waals surface area contributed by atoms with Gasteiger partial charge in [0.25, 0.3) is 0 Å². The summed E-state index contributed by atoms with van der Waals surface area (Å²) < 4.78 is 5.22. The lowest BCUT2D eigenvalue weighted by atomic mass is 10.0. The molecule has 0 aliphatic rings. The molecule has 0 bridgehead atoms. The molecule has 80 valence electrons. The molecule has 0 atom stereocenters. The van der Waals surface area contributed by atoms with Gasteiger partial charge in [0.05, 0.1) is 12.7 Å². The van der Waals surface area contributed by atoms with E-state index < -0.39 is 0 Å². The molecule has 2 heteroatoms. The van der Waals surface area contributed by atoms with Gasteiger partial charge in [0.15, 0.2) is 5.78 Å². The fourth-order valence-corrected chi connectivity index (χ4v) is 1.64. The number of allylic oxidation sites excluding steroid dienone is 2. The molecule has 0 fully saturated rings. The average molecular weight is 204 g/mol. The topological polar surface area (TPSA) is 26.3 Å². The van der Waals surface area contributed by atoms with E-state index >= 15 is 0 Å². The molecule has 0 saturated carbocycles. The normalized spacial score (nSPS) is 10.7. The van der Waals surface area contributed by atoms with Gasteiger partial charge in [-0.3, -0.25) is 4.79 Å². The van der Waals surface area contributed by atoms with Gasteiger partial charge in [0, 0.05) is 0 Å². The van der Waals surface area contributed by atoms with E-state index in [1.807, 2.05) is 32.9 Å². The molecule has 0 aromatic heterocycles. The van der Waals surface area contributed by atoms with E-state index in [0.29, 0.717) is 11.3 Å². The summed E-state index contributed by atoms with van der Waals surface area (Å²) in [5, 5.41) is 0. The van der Waals surface area contributed by atoms with E-state index in [1.165, 1.54) is 0 Å². The van der Waals surface area contributed by atoms with Crippen LogP contribution in [0.5, 0.6) is 5.75 Å². The molecule has 2 nitrogen and oxygen atoms in total. The number of hydrogen-bond donors (Lipinski definition) is 0. The van der Waals surface area contributed by atoms with Crippen LogP contribution < -0.4 is 4.74 Å². The summed E-state index contributed by atoms with van der Waals surface area (Å²) in [4.78, 5) is 11.8. The lowest BCUT2D eigenvalue weighted by Gasteiger charge is -2.10. The Bertz CT molecular complexity index is 403. The summed E-state index contributed by atoms with van der Waals surface area (Å²) in [5.41, 5.74) is 2.71. The minimum atomic E-state index is -0.00755. The van der Waals surface area contributed by atoms with Gasteiger partial charge >= 0.3 is 0 Å². The first-order valence-electron chi connectivity index (χ1n) is 4.92. The number of ketones is 1. The second kappa shape index (κ2) is 4.78. The fraction of sp³-hybridized carbons (Fsp3) is 0.308. The van der Waals surface area contributed by atoms with Crippen LogP contribution in [0.4, 0.5) is 0 Å². The second-order valence-corrected chi connectivity index (χ2v) is 3.52. The highest BCUT2D eigenvalue weighted by Gasteiger charge is 2.12. The highest BCUT2D eigenvalue weighted by molar-refractivity contribution is 6.07. The van der Waals surface area contributed by atoms with Gasteiger partial charge in [-0.2, -0.15) is 0 Å². The van der Waals surface area contributed by atoms with Crippen LogP contribution in [0.2, 0.25) is 0 Å². The Morgan fingerprint density at radius 3 is 2.53 bits per heavy atom. The predicted octanol–water partition coefficient (Wildman–Crippen LogP) is 3.07. The third-order valence-corrected chi connectivity index (χ3v) is 2.23. The van der Waals surface area contributed by atoms with Crippen LogP contribution in [0.25, 0.3) is 0 Å². The van der Waals surface area contributed by atoms with Gasteiger partial charge in [0.2, 0.25) is 0 Å². The maximum Gasteiger partial charge on any atom is 0.189 e. The molecule has 0 N–H and O–H groups in total. The maximum absolute atomic E-state index is 11.8. The highest BCUT2D eigenvalue weighted by Crippen LogP contribution is 2.24. The van der Waals surface area contributed by atoms with Crippen molar-refractivity contribution in [2.75, 3.05) is 7.11 Å². The minimum Gasteiger partial charge on any atom is -0.496 e. The van der Waals surface area contributed by atoms with E-state index in [1.54, 1.807) is 19.3 Å². The first-order chi connectivity index (χ1) is 7.10. The summed E-state index contributed by atoms with van der Waals surface area (Å²) in [5.74, 6) is 0.641. The number of methoxy groups -OCH3 is 1. The lowest BCUT2D eigenvalue weighted by Crippen LogP contribution is -2.02. The smallest absolute Gasteiger partial charge is 0.189 e. The van der Waals surface area contributed by atoms with Gasteiger partial charge in [-0.15, -0.1) is 0 Å². The standard InChI is InChI=1S/C13H16O2/c1-5-6-11(14)13-10(3)7-9(2)8-12(13)15-4/h5-8H,1-4H3/b6-5+. The van der Waals surface area contributed by atoms with Crippen molar-refractivity contribution >= 4 is 5.78 Å². The van der Waals surface area contributed by atoms with Crippen molar-refractivity contribution in [2.45, 2.75) is 20.8 Å². The molecule has 1 aromatic rings. The van der Waals surface area contributed by atoms with Crippen molar-refractivity contribution in [2.24, 2.45) is 0 Å². The Labute approximate surface area is 90.6 Å². The Morgan fingerprint density at radius 2 is 2.00 bits per heavy atom. The van der Waals surface area contributed by atoms with Crippen LogP contribution in [-0.4, -0.2) is 12.9 Å². The lowest BCUT2D eigenvalue weighted by molar-refractivity contribution is 0.104. The first kappa shape index (κ1) is 11.5. The van der Waals surface area contributed by atoms with Crippen molar-refractivity contribution in [3.63, 3.8) is 0 Å². The Kier molecular flexibility index (Phi) is 3.67. The number of carbonyl (C=O) groups excluding carboxylic acids is 1. The molecule has 0 radical (unpaired) electrons. The molecule has 0 heterocycles. The zero-order valence-corrected chi connectivity index (χ0v) is 9.63. The van der Waals surface area contributed by atoms with Gasteiger partial charge in [-0.25, -0.2) is 0 Å². The zero-order valence-electron chi connectivity index (χ0n) is 9.63. The summed E-state index contributed by atoms with van der Waals surface area (Å²) in [6.45, 7) is 5.74. The Balaban J connectivity index is 3.32. The van der Waals surface area contributed by atoms with E-state index in [4.69, 9.17) is 4.74 Å². The SMILES string of the molecule is C/C=C/C(=O)c1c(C)cc(C)cc1OC. The molecule has 15 heavy (non-hydrogen) atoms. The third-order valence-electron chi connectivity index (χ3n) is 2.23. The molecule has 1 aromatic carbocycles. The van der Waals surface area contributed by atoms with E-state index in [2.05, 4.69) is 0 Å². The second-order valence-electron chi connectivity index (χ2n) is 3.52. The third kappa shape index (κ3) is 2.46. The van der Waals surface area contributed by atoms with Crippen LogP contribution in [0.3, 0.4) is 0 Å². The quantitative estimate of drug-likeness (QED) is 0.558. The first-order valence-corrected chi connectivity index (χ1v) is 4.92. The molecule has 0 aliphatic carbocycles. The number of ether oxygens (including phenoxy) is 1. The van der Waals surface area contributed by atoms with Crippen molar-refractivity contribution in [1.82, 2.24) is 0 Å². The molecule has 0 spiro atoms. The van der Waals surface area contributed by atoms with E-state index in [-0.39, 0.29) is 5.78 Å². The monoisotopic (exact) mass is 204 g/mol. The molecular formula is C13H16O2. The number of rotatable bonds is 3. The van der Waals surface area contributed by atoms with Gasteiger partial charge in [-0.05, 0) is 44.0 Å². The summed E-state index contributed by atoms with van der Waals surface area (Å²) in [6.07, 6.45) is 3.29. The molecule has 0 saturated heterocycles. The number of hydrogen-bond acceptors (Lipinski definition) is 2. The summed E-state index contributed by atoms with van der Waals surface area (Å²) >= 11 is 0. The average Bonchev–Trinajstić information content (AvgIpc) is 2.16. The van der Waals surface area contributed by atoms with Gasteiger partial charge < -0.3 is 4.74 Å². The van der Waals surface area contributed by atoms with Crippen LogP contribution >= 0.6 is 0 Å². The molecule has 0 unspecified atom stereocenters. The van der Waals surface area contributed by atoms with E-state index in [0.717, 1.165) is 11.1 Å². The van der Waals surface area contributed by atoms with Gasteiger partial charge in [0.1, 0.15) is 5.75 Å². The number of benzene rings is 1. The Hall–Kier alpha value is -1.57. The molecular weight excluding hydrogens is 188 g/mol. The number of carbonyl (C=O) groups is 1. The molecule has 0 aliphatic heterocycles. The van der Waals surface area contributed by atoms with Crippen LogP contribution in [0, 0.1) is 13.8 Å². The van der Waals surface area contributed by atoms with Crippen molar-refractivity contribution < 1.29 is 9.53 Å². The van der Waals surface area contributed by atoms with Crippen LogP contribution in [-0.2, 0) is 0 Å². The van der Waals surface area contributed by atoms with Crippen LogP contribution in [0.1, 0.15) is 28.4 Å². The van der Waals surface area contributed by atoms with Crippen molar-refractivity contribution in [3.05, 3.63) is 41.0 Å². The largest absolute Gasteiger partial charge is 0.496 e. The fourth-order valence-electron chi connectivity index (χ4n) is 1.64. The highest BCUT2D eigenvalue weighted by atomic mass is 16.5. The van der Waals surface area contributed by atoms with Crippen molar-refractivity contribution in [3.8, 4) is 5.75 Å². The maximum atomic E-state index is 11.8. The van der Waals surface area contributed by atoms with Gasteiger partial charge in [-0.1, -0.05) is 12.1 Å². The Morgan fingerprint density at radius 1 is 1.33 bits per heavy atom. The molecule has 0 amide bonds. The summed E-state index contributed by atoms with van der Waals surface area (Å²) in [6, 6.07) is 3.86. The minimum absolute atomic E-state index is 0.00755. The van der Waals surface area contributed by atoms with Crippen molar-refractivity contribution in [1.29, 1.82) is 0 Å².